The Hall–Kier alpha value is -1.58. The number of hydrogen-bond donors (Lipinski definition) is 1. The largest absolute Gasteiger partial charge is 0.497 e. The maximum atomic E-state index is 13.6. The fraction of sp³-hybridized carbons (Fsp3) is 0.462. The molecule has 17 heavy (non-hydrogen) atoms. The Morgan fingerprint density at radius 3 is 2.59 bits per heavy atom. The van der Waals surface area contributed by atoms with Gasteiger partial charge in [0.2, 0.25) is 0 Å². The zero-order valence-corrected chi connectivity index (χ0v) is 10.6. The van der Waals surface area contributed by atoms with Crippen molar-refractivity contribution in [2.24, 2.45) is 0 Å². The number of nitrogens with one attached hydrogen (secondary N) is 1. The molecule has 94 valence electrons. The molecule has 1 rings (SSSR count). The number of carbonyl (C=O) groups excluding carboxylic acids is 1. The van der Waals surface area contributed by atoms with Crippen molar-refractivity contribution in [2.45, 2.75) is 32.7 Å². The van der Waals surface area contributed by atoms with Crippen LogP contribution in [0.4, 0.5) is 4.39 Å². The minimum Gasteiger partial charge on any atom is -0.497 e. The van der Waals surface area contributed by atoms with Crippen LogP contribution in [0, 0.1) is 5.82 Å². The Labute approximate surface area is 101 Å². The molecule has 0 atom stereocenters. The average molecular weight is 239 g/mol. The first-order valence-corrected chi connectivity index (χ1v) is 5.55. The Balaban J connectivity index is 2.90. The van der Waals surface area contributed by atoms with Gasteiger partial charge in [-0.3, -0.25) is 4.79 Å². The third kappa shape index (κ3) is 3.44. The SMILES string of the molecule is CCC(C)(C)NC(=O)c1ccc(OC)cc1F. The van der Waals surface area contributed by atoms with Gasteiger partial charge in [-0.15, -0.1) is 0 Å². The van der Waals surface area contributed by atoms with Crippen molar-refractivity contribution in [1.29, 1.82) is 0 Å². The van der Waals surface area contributed by atoms with Gasteiger partial charge in [-0.2, -0.15) is 0 Å². The minimum atomic E-state index is -0.575. The molecule has 0 aliphatic rings. The van der Waals surface area contributed by atoms with Crippen molar-refractivity contribution in [3.8, 4) is 5.75 Å². The fourth-order valence-electron chi connectivity index (χ4n) is 1.27. The summed E-state index contributed by atoms with van der Waals surface area (Å²) in [6.07, 6.45) is 0.774. The van der Waals surface area contributed by atoms with E-state index in [4.69, 9.17) is 4.74 Å². The van der Waals surface area contributed by atoms with Crippen molar-refractivity contribution < 1.29 is 13.9 Å². The van der Waals surface area contributed by atoms with E-state index in [1.165, 1.54) is 19.2 Å². The van der Waals surface area contributed by atoms with Gasteiger partial charge in [-0.25, -0.2) is 4.39 Å². The van der Waals surface area contributed by atoms with E-state index in [1.54, 1.807) is 6.07 Å². The minimum absolute atomic E-state index is 0.0346. The Kier molecular flexibility index (Phi) is 4.10. The van der Waals surface area contributed by atoms with E-state index < -0.39 is 11.7 Å². The van der Waals surface area contributed by atoms with E-state index in [0.717, 1.165) is 6.42 Å². The summed E-state index contributed by atoms with van der Waals surface area (Å²) in [5.74, 6) is -0.584. The van der Waals surface area contributed by atoms with Crippen LogP contribution in [0.2, 0.25) is 0 Å². The number of amides is 1. The second-order valence-corrected chi connectivity index (χ2v) is 4.54. The standard InChI is InChI=1S/C13H18FNO2/c1-5-13(2,3)15-12(16)10-7-6-9(17-4)8-11(10)14/h6-8H,5H2,1-4H3,(H,15,16). The first-order chi connectivity index (χ1) is 7.89. The average Bonchev–Trinajstić information content (AvgIpc) is 2.28. The molecule has 0 radical (unpaired) electrons. The number of benzene rings is 1. The van der Waals surface area contributed by atoms with Gasteiger partial charge in [0.1, 0.15) is 11.6 Å². The van der Waals surface area contributed by atoms with Crippen LogP contribution in [-0.4, -0.2) is 18.6 Å². The molecule has 1 aromatic carbocycles. The molecule has 0 bridgehead atoms. The highest BCUT2D eigenvalue weighted by Gasteiger charge is 2.21. The molecule has 1 aromatic rings. The molecule has 1 N–H and O–H groups in total. The van der Waals surface area contributed by atoms with Crippen molar-refractivity contribution in [3.05, 3.63) is 29.6 Å². The number of carbonyl (C=O) groups is 1. The van der Waals surface area contributed by atoms with Gasteiger partial charge in [-0.1, -0.05) is 6.92 Å². The molecule has 3 nitrogen and oxygen atoms in total. The molecular weight excluding hydrogens is 221 g/mol. The zero-order valence-electron chi connectivity index (χ0n) is 10.6. The number of methoxy groups -OCH3 is 1. The zero-order chi connectivity index (χ0) is 13.1. The normalized spacial score (nSPS) is 11.1. The van der Waals surface area contributed by atoms with Crippen LogP contribution in [0.5, 0.6) is 5.75 Å². The van der Waals surface area contributed by atoms with Crippen molar-refractivity contribution in [2.75, 3.05) is 7.11 Å². The predicted molar refractivity (Wildman–Crippen MR) is 64.8 cm³/mol. The van der Waals surface area contributed by atoms with Crippen LogP contribution in [0.15, 0.2) is 18.2 Å². The first kappa shape index (κ1) is 13.5. The molecule has 0 heterocycles. The lowest BCUT2D eigenvalue weighted by atomic mass is 10.0. The van der Waals surface area contributed by atoms with Crippen LogP contribution in [0.25, 0.3) is 0 Å². The summed E-state index contributed by atoms with van der Waals surface area (Å²) in [5, 5.41) is 2.78. The van der Waals surface area contributed by atoms with Crippen LogP contribution >= 0.6 is 0 Å². The monoisotopic (exact) mass is 239 g/mol. The van der Waals surface area contributed by atoms with E-state index in [1.807, 2.05) is 20.8 Å². The summed E-state index contributed by atoms with van der Waals surface area (Å²) in [6.45, 7) is 5.75. The molecule has 0 aliphatic heterocycles. The molecule has 1 amide bonds. The van der Waals surface area contributed by atoms with Gasteiger partial charge in [0.25, 0.3) is 5.91 Å². The van der Waals surface area contributed by atoms with Gasteiger partial charge >= 0.3 is 0 Å². The predicted octanol–water partition coefficient (Wildman–Crippen LogP) is 2.75. The fourth-order valence-corrected chi connectivity index (χ4v) is 1.27. The number of rotatable bonds is 4. The van der Waals surface area contributed by atoms with E-state index in [9.17, 15) is 9.18 Å². The van der Waals surface area contributed by atoms with E-state index in [2.05, 4.69) is 5.32 Å². The second kappa shape index (κ2) is 5.17. The molecule has 0 spiro atoms. The molecule has 0 fully saturated rings. The summed E-state index contributed by atoms with van der Waals surface area (Å²) in [4.78, 5) is 11.8. The highest BCUT2D eigenvalue weighted by molar-refractivity contribution is 5.95. The van der Waals surface area contributed by atoms with Crippen LogP contribution in [0.1, 0.15) is 37.6 Å². The topological polar surface area (TPSA) is 38.3 Å². The van der Waals surface area contributed by atoms with E-state index in [0.29, 0.717) is 5.75 Å². The lowest BCUT2D eigenvalue weighted by molar-refractivity contribution is 0.0907. The smallest absolute Gasteiger partial charge is 0.254 e. The Morgan fingerprint density at radius 1 is 1.47 bits per heavy atom. The summed E-state index contributed by atoms with van der Waals surface area (Å²) in [5.41, 5.74) is -0.309. The molecule has 0 aliphatic carbocycles. The van der Waals surface area contributed by atoms with Crippen LogP contribution < -0.4 is 10.1 Å². The lowest BCUT2D eigenvalue weighted by Gasteiger charge is -2.24. The molecule has 0 saturated carbocycles. The Morgan fingerprint density at radius 2 is 2.12 bits per heavy atom. The van der Waals surface area contributed by atoms with Crippen molar-refractivity contribution >= 4 is 5.91 Å². The van der Waals surface area contributed by atoms with Gasteiger partial charge in [0.05, 0.1) is 12.7 Å². The summed E-state index contributed by atoms with van der Waals surface area (Å²) < 4.78 is 18.5. The Bertz CT molecular complexity index is 416. The molecular formula is C13H18FNO2. The number of hydrogen-bond acceptors (Lipinski definition) is 2. The molecule has 0 aromatic heterocycles. The highest BCUT2D eigenvalue weighted by atomic mass is 19.1. The van der Waals surface area contributed by atoms with Gasteiger partial charge in [0.15, 0.2) is 0 Å². The number of ether oxygens (including phenoxy) is 1. The van der Waals surface area contributed by atoms with Gasteiger partial charge < -0.3 is 10.1 Å². The second-order valence-electron chi connectivity index (χ2n) is 4.54. The third-order valence-corrected chi connectivity index (χ3v) is 2.76. The summed E-state index contributed by atoms with van der Waals surface area (Å²) in [7, 11) is 1.45. The summed E-state index contributed by atoms with van der Waals surface area (Å²) in [6, 6.07) is 4.19. The van der Waals surface area contributed by atoms with Gasteiger partial charge in [-0.05, 0) is 32.4 Å². The molecule has 0 saturated heterocycles. The third-order valence-electron chi connectivity index (χ3n) is 2.76. The summed E-state index contributed by atoms with van der Waals surface area (Å²) >= 11 is 0. The van der Waals surface area contributed by atoms with Gasteiger partial charge in [0, 0.05) is 11.6 Å². The molecule has 0 unspecified atom stereocenters. The van der Waals surface area contributed by atoms with Crippen molar-refractivity contribution in [3.63, 3.8) is 0 Å². The van der Waals surface area contributed by atoms with E-state index >= 15 is 0 Å². The van der Waals surface area contributed by atoms with Crippen molar-refractivity contribution in [1.82, 2.24) is 5.32 Å². The first-order valence-electron chi connectivity index (χ1n) is 5.55. The van der Waals surface area contributed by atoms with Crippen LogP contribution in [-0.2, 0) is 0 Å². The quantitative estimate of drug-likeness (QED) is 0.877. The highest BCUT2D eigenvalue weighted by Crippen LogP contribution is 2.17. The molecule has 4 heteroatoms. The lowest BCUT2D eigenvalue weighted by Crippen LogP contribution is -2.43. The number of halogens is 1. The van der Waals surface area contributed by atoms with E-state index in [-0.39, 0.29) is 11.1 Å². The maximum absolute atomic E-state index is 13.6. The maximum Gasteiger partial charge on any atom is 0.254 e. The van der Waals surface area contributed by atoms with Crippen LogP contribution in [0.3, 0.4) is 0 Å².